The Hall–Kier alpha value is -1.39. The topological polar surface area (TPSA) is 53.6 Å². The fraction of sp³-hybridized carbons (Fsp3) is 0.385. The van der Waals surface area contributed by atoms with Crippen LogP contribution in [0.2, 0.25) is 5.02 Å². The van der Waals surface area contributed by atoms with E-state index in [4.69, 9.17) is 11.6 Å². The summed E-state index contributed by atoms with van der Waals surface area (Å²) in [4.78, 5) is 4.09. The summed E-state index contributed by atoms with van der Waals surface area (Å²) in [6.07, 6.45) is 3.39. The van der Waals surface area contributed by atoms with Gasteiger partial charge in [0, 0.05) is 24.0 Å². The molecule has 18 heavy (non-hydrogen) atoms. The number of hydrogen-bond donors (Lipinski definition) is 2. The molecule has 0 saturated heterocycles. The largest absolute Gasteiger partial charge is 0.313 e. The molecular weight excluding hydrogens is 248 g/mol. The normalized spacial score (nSPS) is 12.6. The maximum Gasteiger partial charge on any atom is 0.137 e. The average molecular weight is 265 g/mol. The van der Waals surface area contributed by atoms with Gasteiger partial charge in [-0.2, -0.15) is 5.10 Å². The third-order valence-electron chi connectivity index (χ3n) is 2.77. The zero-order valence-electron chi connectivity index (χ0n) is 10.4. The lowest BCUT2D eigenvalue weighted by Gasteiger charge is -2.13. The summed E-state index contributed by atoms with van der Waals surface area (Å²) < 4.78 is 0. The van der Waals surface area contributed by atoms with Crippen LogP contribution in [0.3, 0.4) is 0 Å². The zero-order chi connectivity index (χ0) is 12.8. The van der Waals surface area contributed by atoms with Gasteiger partial charge in [0.2, 0.25) is 0 Å². The predicted molar refractivity (Wildman–Crippen MR) is 72.7 cm³/mol. The second-order valence-electron chi connectivity index (χ2n) is 4.37. The molecule has 1 atom stereocenters. The Bertz CT molecular complexity index is 452. The number of nitrogens with zero attached hydrogens (tertiary/aromatic N) is 2. The van der Waals surface area contributed by atoms with Crippen LogP contribution in [0.15, 0.2) is 30.6 Å². The van der Waals surface area contributed by atoms with Crippen molar-refractivity contribution in [1.82, 2.24) is 20.5 Å². The van der Waals surface area contributed by atoms with E-state index in [1.54, 1.807) is 0 Å². The Morgan fingerprint density at radius 3 is 2.78 bits per heavy atom. The molecule has 1 unspecified atom stereocenters. The highest BCUT2D eigenvalue weighted by molar-refractivity contribution is 6.30. The van der Waals surface area contributed by atoms with Gasteiger partial charge < -0.3 is 5.32 Å². The van der Waals surface area contributed by atoms with E-state index in [0.717, 1.165) is 30.2 Å². The van der Waals surface area contributed by atoms with Gasteiger partial charge in [-0.1, -0.05) is 23.7 Å². The first-order valence-corrected chi connectivity index (χ1v) is 6.44. The molecule has 5 heteroatoms. The van der Waals surface area contributed by atoms with Gasteiger partial charge in [0.05, 0.1) is 0 Å². The highest BCUT2D eigenvalue weighted by Crippen LogP contribution is 2.10. The van der Waals surface area contributed by atoms with E-state index in [1.807, 2.05) is 12.1 Å². The molecule has 2 N–H and O–H groups in total. The van der Waals surface area contributed by atoms with E-state index < -0.39 is 0 Å². The third-order valence-corrected chi connectivity index (χ3v) is 3.03. The van der Waals surface area contributed by atoms with Gasteiger partial charge in [0.25, 0.3) is 0 Å². The summed E-state index contributed by atoms with van der Waals surface area (Å²) >= 11 is 5.86. The monoisotopic (exact) mass is 264 g/mol. The molecule has 0 amide bonds. The number of aromatic nitrogens is 3. The van der Waals surface area contributed by atoms with Crippen molar-refractivity contribution in [2.75, 3.05) is 6.54 Å². The van der Waals surface area contributed by atoms with Crippen LogP contribution in [-0.4, -0.2) is 27.8 Å². The van der Waals surface area contributed by atoms with Crippen LogP contribution in [0.25, 0.3) is 0 Å². The van der Waals surface area contributed by atoms with Gasteiger partial charge in [-0.15, -0.1) is 0 Å². The van der Waals surface area contributed by atoms with Crippen LogP contribution in [0.4, 0.5) is 0 Å². The summed E-state index contributed by atoms with van der Waals surface area (Å²) in [5.74, 6) is 0.918. The van der Waals surface area contributed by atoms with E-state index in [1.165, 1.54) is 11.9 Å². The molecule has 1 aromatic carbocycles. The van der Waals surface area contributed by atoms with E-state index in [2.05, 4.69) is 39.6 Å². The maximum atomic E-state index is 5.86. The Kier molecular flexibility index (Phi) is 4.73. The van der Waals surface area contributed by atoms with Gasteiger partial charge in [-0.25, -0.2) is 4.98 Å². The van der Waals surface area contributed by atoms with Gasteiger partial charge in [0.1, 0.15) is 12.2 Å². The molecule has 0 aliphatic heterocycles. The van der Waals surface area contributed by atoms with Crippen LogP contribution in [0.5, 0.6) is 0 Å². The van der Waals surface area contributed by atoms with Crippen molar-refractivity contribution in [2.45, 2.75) is 25.8 Å². The molecule has 1 heterocycles. The summed E-state index contributed by atoms with van der Waals surface area (Å²) in [6.45, 7) is 3.07. The van der Waals surface area contributed by atoms with E-state index in [0.29, 0.717) is 6.04 Å². The number of hydrogen-bond acceptors (Lipinski definition) is 3. The average Bonchev–Trinajstić information content (AvgIpc) is 2.85. The van der Waals surface area contributed by atoms with Gasteiger partial charge in [0.15, 0.2) is 0 Å². The molecule has 0 saturated carbocycles. The van der Waals surface area contributed by atoms with Crippen LogP contribution < -0.4 is 5.32 Å². The van der Waals surface area contributed by atoms with Gasteiger partial charge in [-0.05, 0) is 31.0 Å². The first-order valence-electron chi connectivity index (χ1n) is 6.06. The summed E-state index contributed by atoms with van der Waals surface area (Å²) in [7, 11) is 0. The second kappa shape index (κ2) is 6.52. The number of rotatable bonds is 6. The summed E-state index contributed by atoms with van der Waals surface area (Å²) in [6, 6.07) is 8.42. The molecule has 2 aromatic rings. The van der Waals surface area contributed by atoms with E-state index in [-0.39, 0.29) is 0 Å². The Labute approximate surface area is 112 Å². The Morgan fingerprint density at radius 2 is 2.11 bits per heavy atom. The lowest BCUT2D eigenvalue weighted by atomic mass is 10.1. The van der Waals surface area contributed by atoms with E-state index >= 15 is 0 Å². The quantitative estimate of drug-likeness (QED) is 0.841. The van der Waals surface area contributed by atoms with Crippen molar-refractivity contribution in [2.24, 2.45) is 0 Å². The molecule has 0 aliphatic carbocycles. The summed E-state index contributed by atoms with van der Waals surface area (Å²) in [5.41, 5.74) is 1.29. The standard InChI is InChI=1S/C13H17ClN4/c1-10(8-11-2-4-12(14)5-3-11)15-7-6-13-16-9-17-18-13/h2-5,9-10,15H,6-8H2,1H3,(H,16,17,18). The zero-order valence-corrected chi connectivity index (χ0v) is 11.1. The van der Waals surface area contributed by atoms with Crippen molar-refractivity contribution in [1.29, 1.82) is 0 Å². The SMILES string of the molecule is CC(Cc1ccc(Cl)cc1)NCCc1ncn[nH]1. The van der Waals surface area contributed by atoms with Crippen LogP contribution in [0.1, 0.15) is 18.3 Å². The minimum atomic E-state index is 0.425. The first-order chi connectivity index (χ1) is 8.74. The van der Waals surface area contributed by atoms with Crippen LogP contribution in [-0.2, 0) is 12.8 Å². The molecule has 0 aliphatic rings. The number of halogens is 1. The number of aromatic amines is 1. The number of H-pyrrole nitrogens is 1. The fourth-order valence-electron chi connectivity index (χ4n) is 1.83. The molecule has 2 rings (SSSR count). The molecule has 96 valence electrons. The fourth-order valence-corrected chi connectivity index (χ4v) is 1.96. The highest BCUT2D eigenvalue weighted by Gasteiger charge is 2.03. The predicted octanol–water partition coefficient (Wildman–Crippen LogP) is 2.22. The Balaban J connectivity index is 1.71. The van der Waals surface area contributed by atoms with Crippen LogP contribution in [0, 0.1) is 0 Å². The molecule has 0 spiro atoms. The van der Waals surface area contributed by atoms with E-state index in [9.17, 15) is 0 Å². The Morgan fingerprint density at radius 1 is 1.33 bits per heavy atom. The molecular formula is C13H17ClN4. The smallest absolute Gasteiger partial charge is 0.137 e. The molecule has 0 bridgehead atoms. The highest BCUT2D eigenvalue weighted by atomic mass is 35.5. The molecule has 4 nitrogen and oxygen atoms in total. The first kappa shape index (κ1) is 13.1. The van der Waals surface area contributed by atoms with Crippen LogP contribution >= 0.6 is 11.6 Å². The van der Waals surface area contributed by atoms with Crippen molar-refractivity contribution in [3.8, 4) is 0 Å². The number of benzene rings is 1. The number of nitrogens with one attached hydrogen (secondary N) is 2. The van der Waals surface area contributed by atoms with Gasteiger partial charge in [-0.3, -0.25) is 5.10 Å². The minimum Gasteiger partial charge on any atom is -0.313 e. The minimum absolute atomic E-state index is 0.425. The van der Waals surface area contributed by atoms with Crippen molar-refractivity contribution in [3.05, 3.63) is 47.0 Å². The summed E-state index contributed by atoms with van der Waals surface area (Å²) in [5, 5.41) is 10.9. The van der Waals surface area contributed by atoms with Crippen molar-refractivity contribution >= 4 is 11.6 Å². The maximum absolute atomic E-state index is 5.86. The van der Waals surface area contributed by atoms with Crippen molar-refractivity contribution < 1.29 is 0 Å². The second-order valence-corrected chi connectivity index (χ2v) is 4.80. The molecule has 1 aromatic heterocycles. The van der Waals surface area contributed by atoms with Gasteiger partial charge >= 0.3 is 0 Å². The van der Waals surface area contributed by atoms with Crippen molar-refractivity contribution in [3.63, 3.8) is 0 Å². The lowest BCUT2D eigenvalue weighted by Crippen LogP contribution is -2.30. The molecule has 0 radical (unpaired) electrons. The third kappa shape index (κ3) is 4.13. The molecule has 0 fully saturated rings. The lowest BCUT2D eigenvalue weighted by molar-refractivity contribution is 0.544.